The van der Waals surface area contributed by atoms with Crippen LogP contribution in [0.5, 0.6) is 0 Å². The van der Waals surface area contributed by atoms with Gasteiger partial charge in [-0.2, -0.15) is 0 Å². The summed E-state index contributed by atoms with van der Waals surface area (Å²) in [7, 11) is 0. The summed E-state index contributed by atoms with van der Waals surface area (Å²) in [5.74, 6) is 2.38. The summed E-state index contributed by atoms with van der Waals surface area (Å²) in [6, 6.07) is 7.80. The summed E-state index contributed by atoms with van der Waals surface area (Å²) in [4.78, 5) is 6.51. The monoisotopic (exact) mass is 250 g/mol. The molecule has 0 spiro atoms. The maximum absolute atomic E-state index is 5.82. The van der Waals surface area contributed by atoms with E-state index in [0.717, 1.165) is 30.2 Å². The minimum Gasteiger partial charge on any atom is -0.467 e. The molecule has 0 aliphatic rings. The Balaban J connectivity index is 2.16. The van der Waals surface area contributed by atoms with Gasteiger partial charge >= 0.3 is 0 Å². The molecular formula is C13H15ClN2O. The lowest BCUT2D eigenvalue weighted by molar-refractivity contribution is 0.503. The van der Waals surface area contributed by atoms with Crippen molar-refractivity contribution in [3.8, 4) is 0 Å². The first-order valence-corrected chi connectivity index (χ1v) is 6.15. The molecule has 2 aromatic rings. The van der Waals surface area contributed by atoms with E-state index in [9.17, 15) is 0 Å². The van der Waals surface area contributed by atoms with Gasteiger partial charge in [-0.1, -0.05) is 0 Å². The molecule has 0 aliphatic heterocycles. The fourth-order valence-corrected chi connectivity index (χ4v) is 1.83. The van der Waals surface area contributed by atoms with Gasteiger partial charge in [0.15, 0.2) is 0 Å². The molecule has 2 heterocycles. The fraction of sp³-hybridized carbons (Fsp3) is 0.308. The highest BCUT2D eigenvalue weighted by atomic mass is 35.5. The predicted octanol–water partition coefficient (Wildman–Crippen LogP) is 3.44. The quantitative estimate of drug-likeness (QED) is 0.762. The second-order valence-electron chi connectivity index (χ2n) is 3.75. The summed E-state index contributed by atoms with van der Waals surface area (Å²) in [5, 5.41) is 0. The standard InChI is InChI=1S/C13H15ClN2O/c1-2-16(10-12-4-3-7-17-12)13-8-11(9-14)5-6-15-13/h3-8H,2,9-10H2,1H3. The van der Waals surface area contributed by atoms with Crippen LogP contribution in [0.15, 0.2) is 41.1 Å². The number of alkyl halides is 1. The van der Waals surface area contributed by atoms with E-state index < -0.39 is 0 Å². The van der Waals surface area contributed by atoms with E-state index in [4.69, 9.17) is 16.0 Å². The molecule has 90 valence electrons. The summed E-state index contributed by atoms with van der Waals surface area (Å²) in [6.45, 7) is 3.69. The van der Waals surface area contributed by atoms with Crippen LogP contribution in [0.4, 0.5) is 5.82 Å². The predicted molar refractivity (Wildman–Crippen MR) is 69.2 cm³/mol. The van der Waals surface area contributed by atoms with Crippen molar-refractivity contribution in [2.45, 2.75) is 19.3 Å². The van der Waals surface area contributed by atoms with Gasteiger partial charge in [-0.15, -0.1) is 11.6 Å². The number of pyridine rings is 1. The minimum absolute atomic E-state index is 0.508. The average molecular weight is 251 g/mol. The van der Waals surface area contributed by atoms with Crippen LogP contribution in [0.3, 0.4) is 0 Å². The zero-order valence-electron chi connectivity index (χ0n) is 9.77. The Morgan fingerprint density at radius 2 is 2.29 bits per heavy atom. The summed E-state index contributed by atoms with van der Waals surface area (Å²) < 4.78 is 5.35. The molecule has 0 aromatic carbocycles. The number of rotatable bonds is 5. The Hall–Kier alpha value is -1.48. The minimum atomic E-state index is 0.508. The van der Waals surface area contributed by atoms with Crippen molar-refractivity contribution in [1.82, 2.24) is 4.98 Å². The van der Waals surface area contributed by atoms with Gasteiger partial charge in [0.1, 0.15) is 11.6 Å². The van der Waals surface area contributed by atoms with Gasteiger partial charge in [0.25, 0.3) is 0 Å². The average Bonchev–Trinajstić information content (AvgIpc) is 2.89. The number of halogens is 1. The third-order valence-electron chi connectivity index (χ3n) is 2.60. The first-order valence-electron chi connectivity index (χ1n) is 5.61. The largest absolute Gasteiger partial charge is 0.467 e. The number of hydrogen-bond acceptors (Lipinski definition) is 3. The molecule has 4 heteroatoms. The molecule has 2 aromatic heterocycles. The van der Waals surface area contributed by atoms with Crippen molar-refractivity contribution in [2.24, 2.45) is 0 Å². The van der Waals surface area contributed by atoms with Gasteiger partial charge in [-0.25, -0.2) is 4.98 Å². The second kappa shape index (κ2) is 5.73. The molecule has 0 bridgehead atoms. The first kappa shape index (κ1) is 12.0. The normalized spacial score (nSPS) is 10.5. The van der Waals surface area contributed by atoms with Crippen LogP contribution in [0.25, 0.3) is 0 Å². The molecule has 0 saturated carbocycles. The van der Waals surface area contributed by atoms with Crippen molar-refractivity contribution in [3.05, 3.63) is 48.0 Å². The Kier molecular flexibility index (Phi) is 4.04. The maximum atomic E-state index is 5.82. The molecule has 0 saturated heterocycles. The maximum Gasteiger partial charge on any atom is 0.129 e. The van der Waals surface area contributed by atoms with Crippen molar-refractivity contribution >= 4 is 17.4 Å². The van der Waals surface area contributed by atoms with Crippen LogP contribution < -0.4 is 4.90 Å². The van der Waals surface area contributed by atoms with Gasteiger partial charge in [0.2, 0.25) is 0 Å². The zero-order chi connectivity index (χ0) is 12.1. The van der Waals surface area contributed by atoms with Crippen LogP contribution in [-0.4, -0.2) is 11.5 Å². The van der Waals surface area contributed by atoms with Gasteiger partial charge in [0, 0.05) is 18.6 Å². The van der Waals surface area contributed by atoms with Crippen LogP contribution in [0.2, 0.25) is 0 Å². The molecule has 0 atom stereocenters. The van der Waals surface area contributed by atoms with E-state index in [1.165, 1.54) is 0 Å². The van der Waals surface area contributed by atoms with E-state index in [-0.39, 0.29) is 0 Å². The number of furan rings is 1. The Morgan fingerprint density at radius 3 is 2.94 bits per heavy atom. The van der Waals surface area contributed by atoms with Crippen LogP contribution in [0.1, 0.15) is 18.2 Å². The third kappa shape index (κ3) is 3.01. The van der Waals surface area contributed by atoms with Crippen molar-refractivity contribution in [3.63, 3.8) is 0 Å². The summed E-state index contributed by atoms with van der Waals surface area (Å²) in [6.07, 6.45) is 3.48. The third-order valence-corrected chi connectivity index (χ3v) is 2.91. The van der Waals surface area contributed by atoms with Gasteiger partial charge < -0.3 is 9.32 Å². The Bertz CT molecular complexity index is 456. The van der Waals surface area contributed by atoms with Crippen LogP contribution in [-0.2, 0) is 12.4 Å². The summed E-state index contributed by atoms with van der Waals surface area (Å²) in [5.41, 5.74) is 1.08. The molecule has 0 radical (unpaired) electrons. The highest BCUT2D eigenvalue weighted by molar-refractivity contribution is 6.17. The number of hydrogen-bond donors (Lipinski definition) is 0. The van der Waals surface area contributed by atoms with Gasteiger partial charge in [-0.3, -0.25) is 0 Å². The fourth-order valence-electron chi connectivity index (χ4n) is 1.66. The number of aromatic nitrogens is 1. The topological polar surface area (TPSA) is 29.3 Å². The van der Waals surface area contributed by atoms with E-state index in [1.54, 1.807) is 12.5 Å². The molecule has 0 unspecified atom stereocenters. The highest BCUT2D eigenvalue weighted by Gasteiger charge is 2.08. The van der Waals surface area contributed by atoms with Crippen LogP contribution in [0, 0.1) is 0 Å². The lowest BCUT2D eigenvalue weighted by atomic mass is 10.3. The molecule has 3 nitrogen and oxygen atoms in total. The Labute approximate surface area is 106 Å². The smallest absolute Gasteiger partial charge is 0.129 e. The van der Waals surface area contributed by atoms with E-state index in [1.807, 2.05) is 24.3 Å². The molecule has 17 heavy (non-hydrogen) atoms. The first-order chi connectivity index (χ1) is 8.33. The van der Waals surface area contributed by atoms with E-state index >= 15 is 0 Å². The lowest BCUT2D eigenvalue weighted by Gasteiger charge is -2.20. The van der Waals surface area contributed by atoms with E-state index in [2.05, 4.69) is 16.8 Å². The highest BCUT2D eigenvalue weighted by Crippen LogP contribution is 2.16. The Morgan fingerprint density at radius 1 is 1.41 bits per heavy atom. The summed E-state index contributed by atoms with van der Waals surface area (Å²) >= 11 is 5.82. The lowest BCUT2D eigenvalue weighted by Crippen LogP contribution is -2.22. The number of nitrogens with zero attached hydrogens (tertiary/aromatic N) is 2. The van der Waals surface area contributed by atoms with Crippen molar-refractivity contribution in [2.75, 3.05) is 11.4 Å². The molecule has 0 amide bonds. The van der Waals surface area contributed by atoms with E-state index in [0.29, 0.717) is 5.88 Å². The van der Waals surface area contributed by atoms with Crippen molar-refractivity contribution < 1.29 is 4.42 Å². The molecule has 0 N–H and O–H groups in total. The van der Waals surface area contributed by atoms with Gasteiger partial charge in [-0.05, 0) is 36.8 Å². The SMILES string of the molecule is CCN(Cc1ccco1)c1cc(CCl)ccn1. The van der Waals surface area contributed by atoms with Gasteiger partial charge in [0.05, 0.1) is 12.8 Å². The molecule has 0 aliphatic carbocycles. The number of anilines is 1. The van der Waals surface area contributed by atoms with Crippen molar-refractivity contribution in [1.29, 1.82) is 0 Å². The molecule has 2 rings (SSSR count). The molecular weight excluding hydrogens is 236 g/mol. The second-order valence-corrected chi connectivity index (χ2v) is 4.02. The van der Waals surface area contributed by atoms with Crippen LogP contribution >= 0.6 is 11.6 Å². The molecule has 0 fully saturated rings. The zero-order valence-corrected chi connectivity index (χ0v) is 10.5.